The molecule has 1 aromatic heterocycles. The lowest BCUT2D eigenvalue weighted by Crippen LogP contribution is -2.32. The highest BCUT2D eigenvalue weighted by atomic mass is 35.5. The average molecular weight is 729 g/mol. The predicted octanol–water partition coefficient (Wildman–Crippen LogP) is 6.85. The van der Waals surface area contributed by atoms with Gasteiger partial charge in [-0.05, 0) is 61.0 Å². The molecule has 0 fully saturated rings. The largest absolute Gasteiger partial charge is 0.494 e. The van der Waals surface area contributed by atoms with E-state index in [0.29, 0.717) is 22.9 Å². The molecule has 0 bridgehead atoms. The maximum Gasteiger partial charge on any atom is 0.264 e. The van der Waals surface area contributed by atoms with Crippen LogP contribution in [-0.4, -0.2) is 73.5 Å². The van der Waals surface area contributed by atoms with Gasteiger partial charge < -0.3 is 9.64 Å². The zero-order chi connectivity index (χ0) is 32.5. The highest BCUT2D eigenvalue weighted by molar-refractivity contribution is 7.86. The number of nitrogens with zero attached hydrogens (tertiary/aromatic N) is 3. The third-order valence-electron chi connectivity index (χ3n) is 6.26. The minimum Gasteiger partial charge on any atom is -0.494 e. The van der Waals surface area contributed by atoms with E-state index in [9.17, 15) is 16.8 Å². The van der Waals surface area contributed by atoms with E-state index in [1.54, 1.807) is 40.7 Å². The third-order valence-corrected chi connectivity index (χ3v) is 8.67. The molecule has 46 heavy (non-hydrogen) atoms. The van der Waals surface area contributed by atoms with Gasteiger partial charge in [0, 0.05) is 47.1 Å². The Morgan fingerprint density at radius 3 is 2.04 bits per heavy atom. The third kappa shape index (κ3) is 12.0. The second-order valence-electron chi connectivity index (χ2n) is 9.96. The molecule has 248 valence electrons. The first-order valence-electron chi connectivity index (χ1n) is 14.0. The lowest BCUT2D eigenvalue weighted by Gasteiger charge is -2.24. The summed E-state index contributed by atoms with van der Waals surface area (Å²) in [5.41, 5.74) is 4.92. The van der Waals surface area contributed by atoms with Crippen molar-refractivity contribution in [1.82, 2.24) is 4.98 Å². The normalized spacial score (nSPS) is 11.8. The Kier molecular flexibility index (Phi) is 14.0. The number of rotatable bonds is 16. The molecule has 4 rings (SSSR count). The van der Waals surface area contributed by atoms with Crippen LogP contribution < -0.4 is 9.64 Å². The topological polar surface area (TPSA) is 124 Å². The quantitative estimate of drug-likeness (QED) is 0.0900. The molecule has 0 saturated carbocycles. The number of thiazole rings is 1. The van der Waals surface area contributed by atoms with Crippen LogP contribution in [-0.2, 0) is 28.6 Å². The van der Waals surface area contributed by atoms with Gasteiger partial charge in [-0.15, -0.1) is 23.7 Å². The summed E-state index contributed by atoms with van der Waals surface area (Å²) in [6.07, 6.45) is 4.54. The van der Waals surface area contributed by atoms with Crippen molar-refractivity contribution in [3.05, 3.63) is 82.7 Å². The molecule has 0 aliphatic heterocycles. The first-order valence-corrected chi connectivity index (χ1v) is 18.9. The van der Waals surface area contributed by atoms with E-state index in [0.717, 1.165) is 52.2 Å². The standard InChI is InChI=1S/C31H34ClN3O7S3.ClH/c1-4-17-40-28-13-8-24(9-14-28)31-34-30(22-43-31)23-5-10-26(11-6-23)33-21-25-7-12-27(20-29(25)32)35(15-18-41-44(2,36)37)16-19-42-45(3,38)39;/h5-14,20-22H,4,15-19H2,1-3H3;1H. The number of hydrogen-bond acceptors (Lipinski definition) is 11. The number of benzene rings is 3. The number of aliphatic imine (C=N–C) groups is 1. The van der Waals surface area contributed by atoms with Crippen LogP contribution >= 0.6 is 35.3 Å². The van der Waals surface area contributed by atoms with E-state index >= 15 is 0 Å². The van der Waals surface area contributed by atoms with Gasteiger partial charge in [-0.2, -0.15) is 16.8 Å². The van der Waals surface area contributed by atoms with Crippen molar-refractivity contribution in [2.75, 3.05) is 50.3 Å². The number of ether oxygens (including phenoxy) is 1. The van der Waals surface area contributed by atoms with E-state index in [1.165, 1.54) is 0 Å². The molecule has 0 aliphatic carbocycles. The second-order valence-corrected chi connectivity index (χ2v) is 14.5. The smallest absolute Gasteiger partial charge is 0.264 e. The molecule has 4 aromatic rings. The summed E-state index contributed by atoms with van der Waals surface area (Å²) in [7, 11) is -7.26. The monoisotopic (exact) mass is 727 g/mol. The highest BCUT2D eigenvalue weighted by Gasteiger charge is 2.13. The Labute approximate surface area is 285 Å². The van der Waals surface area contributed by atoms with Crippen LogP contribution in [0.25, 0.3) is 21.8 Å². The summed E-state index contributed by atoms with van der Waals surface area (Å²) in [6, 6.07) is 20.9. The Balaban J connectivity index is 0.00000576. The summed E-state index contributed by atoms with van der Waals surface area (Å²) in [5, 5.41) is 3.36. The maximum atomic E-state index is 11.4. The van der Waals surface area contributed by atoms with Gasteiger partial charge in [-0.25, -0.2) is 4.98 Å². The maximum absolute atomic E-state index is 11.4. The van der Waals surface area contributed by atoms with Crippen LogP contribution in [0.2, 0.25) is 5.02 Å². The molecule has 10 nitrogen and oxygen atoms in total. The molecule has 0 saturated heterocycles. The summed E-state index contributed by atoms with van der Waals surface area (Å²) in [6.45, 7) is 2.84. The van der Waals surface area contributed by atoms with Crippen molar-refractivity contribution < 1.29 is 29.9 Å². The SMILES string of the molecule is CCCOc1ccc(-c2nc(-c3ccc(N=Cc4ccc(N(CCOS(C)(=O)=O)CCOS(C)(=O)=O)cc4Cl)cc3)cs2)cc1.Cl. The first-order chi connectivity index (χ1) is 21.4. The van der Waals surface area contributed by atoms with Crippen LogP contribution in [0.3, 0.4) is 0 Å². The molecule has 0 unspecified atom stereocenters. The van der Waals surface area contributed by atoms with Crippen molar-refractivity contribution in [2.24, 2.45) is 4.99 Å². The Bertz CT molecular complexity index is 1780. The Morgan fingerprint density at radius 2 is 1.48 bits per heavy atom. The molecular weight excluding hydrogens is 693 g/mol. The molecule has 0 amide bonds. The van der Waals surface area contributed by atoms with Crippen molar-refractivity contribution in [3.63, 3.8) is 0 Å². The Morgan fingerprint density at radius 1 is 0.870 bits per heavy atom. The zero-order valence-electron chi connectivity index (χ0n) is 25.5. The molecule has 0 aliphatic rings. The summed E-state index contributed by atoms with van der Waals surface area (Å²) in [4.78, 5) is 11.1. The second kappa shape index (κ2) is 17.2. The predicted molar refractivity (Wildman–Crippen MR) is 189 cm³/mol. The van der Waals surface area contributed by atoms with Gasteiger partial charge in [0.05, 0.1) is 48.7 Å². The van der Waals surface area contributed by atoms with Crippen LogP contribution in [0.15, 0.2) is 77.1 Å². The van der Waals surface area contributed by atoms with Crippen LogP contribution in [0.5, 0.6) is 5.75 Å². The average Bonchev–Trinajstić information content (AvgIpc) is 3.48. The summed E-state index contributed by atoms with van der Waals surface area (Å²) in [5.74, 6) is 0.849. The molecule has 0 atom stereocenters. The number of hydrogen-bond donors (Lipinski definition) is 0. The van der Waals surface area contributed by atoms with Gasteiger partial charge in [0.2, 0.25) is 0 Å². The molecule has 0 N–H and O–H groups in total. The number of halogens is 2. The van der Waals surface area contributed by atoms with Crippen molar-refractivity contribution >= 4 is 73.2 Å². The fraction of sp³-hybridized carbons (Fsp3) is 0.290. The van der Waals surface area contributed by atoms with Gasteiger partial charge >= 0.3 is 0 Å². The van der Waals surface area contributed by atoms with Gasteiger partial charge in [0.25, 0.3) is 20.2 Å². The molecule has 0 spiro atoms. The van der Waals surface area contributed by atoms with Crippen LogP contribution in [0.4, 0.5) is 11.4 Å². The van der Waals surface area contributed by atoms with E-state index in [1.807, 2.05) is 53.9 Å². The summed E-state index contributed by atoms with van der Waals surface area (Å²) >= 11 is 8.14. The van der Waals surface area contributed by atoms with Crippen LogP contribution in [0.1, 0.15) is 18.9 Å². The molecule has 15 heteroatoms. The van der Waals surface area contributed by atoms with E-state index in [-0.39, 0.29) is 38.7 Å². The number of anilines is 1. The van der Waals surface area contributed by atoms with E-state index < -0.39 is 20.2 Å². The minimum atomic E-state index is -3.63. The van der Waals surface area contributed by atoms with Gasteiger partial charge in [0.1, 0.15) is 10.8 Å². The molecule has 0 radical (unpaired) electrons. The lowest BCUT2D eigenvalue weighted by molar-refractivity contribution is 0.309. The van der Waals surface area contributed by atoms with Crippen molar-refractivity contribution in [2.45, 2.75) is 13.3 Å². The molecule has 1 heterocycles. The molecule has 3 aromatic carbocycles. The Hall–Kier alpha value is -3.04. The van der Waals surface area contributed by atoms with E-state index in [2.05, 4.69) is 11.9 Å². The van der Waals surface area contributed by atoms with Gasteiger partial charge in [0.15, 0.2) is 0 Å². The van der Waals surface area contributed by atoms with Crippen molar-refractivity contribution in [1.29, 1.82) is 0 Å². The van der Waals surface area contributed by atoms with E-state index in [4.69, 9.17) is 29.7 Å². The zero-order valence-corrected chi connectivity index (χ0v) is 29.5. The van der Waals surface area contributed by atoms with Crippen molar-refractivity contribution in [3.8, 4) is 27.6 Å². The summed E-state index contributed by atoms with van der Waals surface area (Å²) < 4.78 is 60.9. The number of aromatic nitrogens is 1. The van der Waals surface area contributed by atoms with Crippen LogP contribution in [0, 0.1) is 0 Å². The fourth-order valence-corrected chi connectivity index (χ4v) is 5.91. The highest BCUT2D eigenvalue weighted by Crippen LogP contribution is 2.31. The molecular formula is C31H35Cl2N3O7S3. The first kappa shape index (κ1) is 37.4. The fourth-order valence-electron chi connectivity index (χ4n) is 4.10. The lowest BCUT2D eigenvalue weighted by atomic mass is 10.1. The minimum absolute atomic E-state index is 0. The van der Waals surface area contributed by atoms with Gasteiger partial charge in [-0.3, -0.25) is 13.4 Å². The van der Waals surface area contributed by atoms with Gasteiger partial charge in [-0.1, -0.05) is 30.7 Å².